The van der Waals surface area contributed by atoms with E-state index in [-0.39, 0.29) is 15.5 Å². The molecule has 0 fully saturated rings. The summed E-state index contributed by atoms with van der Waals surface area (Å²) in [6.45, 7) is 1.81. The van der Waals surface area contributed by atoms with E-state index in [1.54, 1.807) is 12.1 Å². The number of hydrogen-bond donors (Lipinski definition) is 2. The molecule has 0 saturated carbocycles. The molecule has 0 radical (unpaired) electrons. The normalized spacial score (nSPS) is 11.8. The first kappa shape index (κ1) is 21.4. The maximum atomic E-state index is 12.5. The summed E-state index contributed by atoms with van der Waals surface area (Å²) in [5.74, 6) is 0. The van der Waals surface area contributed by atoms with E-state index in [0.29, 0.717) is 15.7 Å². The van der Waals surface area contributed by atoms with Gasteiger partial charge in [-0.2, -0.15) is 0 Å². The van der Waals surface area contributed by atoms with Crippen LogP contribution in [0, 0.1) is 6.92 Å². The molecule has 0 aliphatic carbocycles. The predicted molar refractivity (Wildman–Crippen MR) is 116 cm³/mol. The molecule has 0 unspecified atom stereocenters. The zero-order valence-electron chi connectivity index (χ0n) is 15.1. The Morgan fingerprint density at radius 3 is 1.62 bits per heavy atom. The van der Waals surface area contributed by atoms with Crippen molar-refractivity contribution < 1.29 is 16.8 Å². The SMILES string of the molecule is Cc1ccc(NS(=O)(=O)c2ccc(NS(=O)(=O)c3ccc(Cl)cc3)cc2)cc1Cl. The third kappa shape index (κ3) is 5.22. The highest BCUT2D eigenvalue weighted by Crippen LogP contribution is 2.24. The summed E-state index contributed by atoms with van der Waals surface area (Å²) in [4.78, 5) is 0.0140. The van der Waals surface area contributed by atoms with E-state index in [0.717, 1.165) is 5.56 Å². The van der Waals surface area contributed by atoms with Gasteiger partial charge in [-0.05, 0) is 73.2 Å². The van der Waals surface area contributed by atoms with Gasteiger partial charge in [0.15, 0.2) is 0 Å². The van der Waals surface area contributed by atoms with Gasteiger partial charge in [-0.25, -0.2) is 16.8 Å². The van der Waals surface area contributed by atoms with Gasteiger partial charge in [-0.3, -0.25) is 9.44 Å². The minimum absolute atomic E-state index is 0.0244. The van der Waals surface area contributed by atoms with Gasteiger partial charge in [0.05, 0.1) is 15.5 Å². The number of benzene rings is 3. The van der Waals surface area contributed by atoms with Crippen LogP contribution >= 0.6 is 23.2 Å². The van der Waals surface area contributed by atoms with E-state index in [1.807, 2.05) is 6.92 Å². The van der Waals surface area contributed by atoms with Crippen molar-refractivity contribution in [2.75, 3.05) is 9.44 Å². The molecule has 10 heteroatoms. The minimum Gasteiger partial charge on any atom is -0.280 e. The van der Waals surface area contributed by atoms with Crippen LogP contribution in [0.4, 0.5) is 11.4 Å². The van der Waals surface area contributed by atoms with Gasteiger partial charge in [0, 0.05) is 15.7 Å². The van der Waals surface area contributed by atoms with Crippen molar-refractivity contribution in [1.82, 2.24) is 0 Å². The molecule has 3 rings (SSSR count). The lowest BCUT2D eigenvalue weighted by atomic mass is 10.2. The first-order chi connectivity index (χ1) is 13.6. The Balaban J connectivity index is 1.78. The Kier molecular flexibility index (Phi) is 6.09. The highest BCUT2D eigenvalue weighted by molar-refractivity contribution is 7.93. The van der Waals surface area contributed by atoms with Crippen molar-refractivity contribution in [3.05, 3.63) is 82.3 Å². The molecular formula is C19H16Cl2N2O4S2. The molecule has 6 nitrogen and oxygen atoms in total. The highest BCUT2D eigenvalue weighted by atomic mass is 35.5. The van der Waals surface area contributed by atoms with Gasteiger partial charge in [0.25, 0.3) is 20.0 Å². The van der Waals surface area contributed by atoms with Crippen molar-refractivity contribution in [2.45, 2.75) is 16.7 Å². The average molecular weight is 471 g/mol. The van der Waals surface area contributed by atoms with Gasteiger partial charge >= 0.3 is 0 Å². The number of aryl methyl sites for hydroxylation is 1. The van der Waals surface area contributed by atoms with Crippen LogP contribution < -0.4 is 9.44 Å². The lowest BCUT2D eigenvalue weighted by Crippen LogP contribution is -2.14. The summed E-state index contributed by atoms with van der Waals surface area (Å²) in [6, 6.07) is 15.8. The standard InChI is InChI=1S/C19H16Cl2N2O4S2/c1-13-2-5-16(12-19(13)21)23-29(26,27)18-10-6-15(7-11-18)22-28(24,25)17-8-3-14(20)4-9-17/h2-12,22-23H,1H3. The minimum atomic E-state index is -3.86. The number of nitrogens with one attached hydrogen (secondary N) is 2. The fraction of sp³-hybridized carbons (Fsp3) is 0.0526. The Morgan fingerprint density at radius 1 is 0.655 bits per heavy atom. The first-order valence-electron chi connectivity index (χ1n) is 8.24. The summed E-state index contributed by atoms with van der Waals surface area (Å²) >= 11 is 11.8. The molecule has 2 N–H and O–H groups in total. The van der Waals surface area contributed by atoms with Crippen LogP contribution in [0.5, 0.6) is 0 Å². The predicted octanol–water partition coefficient (Wildman–Crippen LogP) is 4.90. The van der Waals surface area contributed by atoms with Gasteiger partial charge in [-0.15, -0.1) is 0 Å². The Morgan fingerprint density at radius 2 is 1.10 bits per heavy atom. The van der Waals surface area contributed by atoms with Crippen LogP contribution in [0.3, 0.4) is 0 Å². The zero-order chi connectivity index (χ0) is 21.2. The summed E-state index contributed by atoms with van der Waals surface area (Å²) in [5, 5.41) is 0.859. The molecule has 0 heterocycles. The molecule has 0 aliphatic rings. The molecule has 0 amide bonds. The number of sulfonamides is 2. The smallest absolute Gasteiger partial charge is 0.261 e. The summed E-state index contributed by atoms with van der Waals surface area (Å²) in [5.41, 5.74) is 1.37. The number of halogens is 2. The number of hydrogen-bond acceptors (Lipinski definition) is 4. The molecule has 3 aromatic rings. The maximum absolute atomic E-state index is 12.5. The van der Waals surface area contributed by atoms with E-state index >= 15 is 0 Å². The van der Waals surface area contributed by atoms with E-state index in [9.17, 15) is 16.8 Å². The molecule has 0 bridgehead atoms. The van der Waals surface area contributed by atoms with Crippen LogP contribution in [-0.2, 0) is 20.0 Å². The van der Waals surface area contributed by atoms with Crippen molar-refractivity contribution in [2.24, 2.45) is 0 Å². The van der Waals surface area contributed by atoms with E-state index < -0.39 is 20.0 Å². The van der Waals surface area contributed by atoms with Crippen LogP contribution in [0.1, 0.15) is 5.56 Å². The molecule has 0 spiro atoms. The Labute approximate surface area is 179 Å². The van der Waals surface area contributed by atoms with E-state index in [2.05, 4.69) is 9.44 Å². The third-order valence-electron chi connectivity index (χ3n) is 3.96. The van der Waals surface area contributed by atoms with E-state index in [4.69, 9.17) is 23.2 Å². The average Bonchev–Trinajstić information content (AvgIpc) is 2.65. The van der Waals surface area contributed by atoms with Crippen molar-refractivity contribution in [3.63, 3.8) is 0 Å². The fourth-order valence-electron chi connectivity index (χ4n) is 2.40. The van der Waals surface area contributed by atoms with Gasteiger partial charge < -0.3 is 0 Å². The van der Waals surface area contributed by atoms with Crippen molar-refractivity contribution in [3.8, 4) is 0 Å². The Hall–Kier alpha value is -2.26. The monoisotopic (exact) mass is 470 g/mol. The lowest BCUT2D eigenvalue weighted by Gasteiger charge is -2.11. The van der Waals surface area contributed by atoms with Gasteiger partial charge in [-0.1, -0.05) is 29.3 Å². The van der Waals surface area contributed by atoms with Gasteiger partial charge in [0.1, 0.15) is 0 Å². The lowest BCUT2D eigenvalue weighted by molar-refractivity contribution is 0.600. The maximum Gasteiger partial charge on any atom is 0.261 e. The topological polar surface area (TPSA) is 92.3 Å². The van der Waals surface area contributed by atoms with Crippen molar-refractivity contribution >= 4 is 54.6 Å². The van der Waals surface area contributed by atoms with Crippen molar-refractivity contribution in [1.29, 1.82) is 0 Å². The second-order valence-electron chi connectivity index (χ2n) is 6.15. The quantitative estimate of drug-likeness (QED) is 0.535. The zero-order valence-corrected chi connectivity index (χ0v) is 18.2. The van der Waals surface area contributed by atoms with E-state index in [1.165, 1.54) is 54.6 Å². The molecule has 29 heavy (non-hydrogen) atoms. The third-order valence-corrected chi connectivity index (χ3v) is 7.42. The van der Waals surface area contributed by atoms with Crippen LogP contribution in [0.25, 0.3) is 0 Å². The Bertz CT molecular complexity index is 1240. The second kappa shape index (κ2) is 8.23. The second-order valence-corrected chi connectivity index (χ2v) is 10.4. The largest absolute Gasteiger partial charge is 0.280 e. The molecule has 0 saturated heterocycles. The number of rotatable bonds is 6. The number of anilines is 2. The molecule has 0 atom stereocenters. The summed E-state index contributed by atoms with van der Waals surface area (Å²) in [7, 11) is -7.69. The first-order valence-corrected chi connectivity index (χ1v) is 12.0. The fourth-order valence-corrected chi connectivity index (χ4v) is 4.82. The van der Waals surface area contributed by atoms with Gasteiger partial charge in [0.2, 0.25) is 0 Å². The molecule has 0 aliphatic heterocycles. The summed E-state index contributed by atoms with van der Waals surface area (Å²) in [6.07, 6.45) is 0. The van der Waals surface area contributed by atoms with Crippen LogP contribution in [-0.4, -0.2) is 16.8 Å². The molecule has 3 aromatic carbocycles. The highest BCUT2D eigenvalue weighted by Gasteiger charge is 2.17. The van der Waals surface area contributed by atoms with Crippen LogP contribution in [0.2, 0.25) is 10.0 Å². The molecular weight excluding hydrogens is 455 g/mol. The molecule has 152 valence electrons. The summed E-state index contributed by atoms with van der Waals surface area (Å²) < 4.78 is 54.7. The molecule has 0 aromatic heterocycles. The van der Waals surface area contributed by atoms with Crippen LogP contribution in [0.15, 0.2) is 76.5 Å².